The molecule has 0 aromatic heterocycles. The number of hydrogen-bond acceptors (Lipinski definition) is 2. The van der Waals surface area contributed by atoms with E-state index in [1.165, 1.54) is 0 Å². The van der Waals surface area contributed by atoms with Crippen LogP contribution in [0.4, 0.5) is 0 Å². The highest BCUT2D eigenvalue weighted by atomic mass is 35.5. The molecule has 2 N–H and O–H groups in total. The number of nitrogens with two attached hydrogens (primary N) is 1. The van der Waals surface area contributed by atoms with Crippen molar-refractivity contribution in [2.24, 2.45) is 11.1 Å². The van der Waals surface area contributed by atoms with Crippen LogP contribution in [0.3, 0.4) is 0 Å². The molecule has 18 heavy (non-hydrogen) atoms. The Morgan fingerprint density at radius 1 is 1.44 bits per heavy atom. The molecule has 4 heteroatoms. The summed E-state index contributed by atoms with van der Waals surface area (Å²) in [5.41, 5.74) is 6.04. The van der Waals surface area contributed by atoms with Crippen LogP contribution in [0.1, 0.15) is 32.4 Å². The van der Waals surface area contributed by atoms with E-state index in [1.807, 2.05) is 45.0 Å². The molecule has 0 aliphatic rings. The van der Waals surface area contributed by atoms with E-state index in [0.717, 1.165) is 5.56 Å². The molecule has 1 unspecified atom stereocenters. The Balaban J connectivity index is 2.95. The summed E-state index contributed by atoms with van der Waals surface area (Å²) in [7, 11) is 1.79. The average molecular weight is 269 g/mol. The second-order valence-corrected chi connectivity index (χ2v) is 5.61. The number of rotatable bonds is 4. The Hall–Kier alpha value is -1.06. The van der Waals surface area contributed by atoms with Crippen molar-refractivity contribution in [3.8, 4) is 0 Å². The highest BCUT2D eigenvalue weighted by molar-refractivity contribution is 6.31. The summed E-state index contributed by atoms with van der Waals surface area (Å²) in [6.45, 7) is 5.99. The second-order valence-electron chi connectivity index (χ2n) is 5.20. The van der Waals surface area contributed by atoms with E-state index < -0.39 is 5.41 Å². The molecule has 1 amide bonds. The smallest absolute Gasteiger partial charge is 0.229 e. The van der Waals surface area contributed by atoms with Gasteiger partial charge in [-0.1, -0.05) is 29.8 Å². The monoisotopic (exact) mass is 268 g/mol. The quantitative estimate of drug-likeness (QED) is 0.913. The van der Waals surface area contributed by atoms with Crippen molar-refractivity contribution in [2.45, 2.75) is 26.8 Å². The van der Waals surface area contributed by atoms with Gasteiger partial charge in [-0.15, -0.1) is 0 Å². The summed E-state index contributed by atoms with van der Waals surface area (Å²) < 4.78 is 0. The zero-order chi connectivity index (χ0) is 13.9. The summed E-state index contributed by atoms with van der Waals surface area (Å²) in [5, 5.41) is 0.676. The lowest BCUT2D eigenvalue weighted by molar-refractivity contribution is -0.140. The minimum absolute atomic E-state index is 0.0254. The zero-order valence-corrected chi connectivity index (χ0v) is 12.2. The van der Waals surface area contributed by atoms with Gasteiger partial charge in [0.2, 0.25) is 5.91 Å². The molecule has 100 valence electrons. The van der Waals surface area contributed by atoms with Crippen LogP contribution in [0.2, 0.25) is 5.02 Å². The Labute approximate surface area is 114 Å². The highest BCUT2D eigenvalue weighted by Crippen LogP contribution is 2.29. The molecule has 0 heterocycles. The molecular formula is C14H21ClN2O. The van der Waals surface area contributed by atoms with Gasteiger partial charge in [0.15, 0.2) is 0 Å². The van der Waals surface area contributed by atoms with E-state index in [0.29, 0.717) is 11.6 Å². The lowest BCUT2D eigenvalue weighted by Crippen LogP contribution is -2.43. The Kier molecular flexibility index (Phi) is 4.77. The summed E-state index contributed by atoms with van der Waals surface area (Å²) in [6, 6.07) is 7.50. The third-order valence-corrected chi connectivity index (χ3v) is 3.69. The largest absolute Gasteiger partial charge is 0.338 e. The zero-order valence-electron chi connectivity index (χ0n) is 11.4. The molecule has 0 saturated carbocycles. The molecule has 0 aliphatic carbocycles. The van der Waals surface area contributed by atoms with Crippen LogP contribution in [0, 0.1) is 5.41 Å². The summed E-state index contributed by atoms with van der Waals surface area (Å²) in [6.07, 6.45) is 0. The summed E-state index contributed by atoms with van der Waals surface area (Å²) >= 11 is 6.15. The predicted molar refractivity (Wildman–Crippen MR) is 75.5 cm³/mol. The van der Waals surface area contributed by atoms with Crippen molar-refractivity contribution >= 4 is 17.5 Å². The fourth-order valence-electron chi connectivity index (χ4n) is 1.76. The Bertz CT molecular complexity index is 432. The van der Waals surface area contributed by atoms with E-state index in [2.05, 4.69) is 0 Å². The van der Waals surface area contributed by atoms with Gasteiger partial charge in [0.1, 0.15) is 0 Å². The van der Waals surface area contributed by atoms with Crippen LogP contribution >= 0.6 is 11.6 Å². The van der Waals surface area contributed by atoms with E-state index in [9.17, 15) is 4.79 Å². The number of benzene rings is 1. The van der Waals surface area contributed by atoms with Gasteiger partial charge in [-0.3, -0.25) is 4.79 Å². The molecule has 1 aromatic rings. The maximum absolute atomic E-state index is 12.3. The first-order valence-electron chi connectivity index (χ1n) is 6.03. The number of amides is 1. The van der Waals surface area contributed by atoms with Crippen LogP contribution < -0.4 is 5.73 Å². The van der Waals surface area contributed by atoms with Gasteiger partial charge in [-0.2, -0.15) is 0 Å². The van der Waals surface area contributed by atoms with Crippen molar-refractivity contribution in [1.82, 2.24) is 4.90 Å². The van der Waals surface area contributed by atoms with Crippen molar-refractivity contribution in [3.05, 3.63) is 34.9 Å². The molecule has 1 aromatic carbocycles. The molecule has 3 nitrogen and oxygen atoms in total. The van der Waals surface area contributed by atoms with E-state index in [4.69, 9.17) is 17.3 Å². The molecule has 0 radical (unpaired) electrons. The van der Waals surface area contributed by atoms with Gasteiger partial charge in [-0.05, 0) is 32.4 Å². The lowest BCUT2D eigenvalue weighted by Gasteiger charge is -2.33. The van der Waals surface area contributed by atoms with Gasteiger partial charge in [0.25, 0.3) is 0 Å². The van der Waals surface area contributed by atoms with Gasteiger partial charge in [0, 0.05) is 18.6 Å². The fourth-order valence-corrected chi connectivity index (χ4v) is 2.06. The van der Waals surface area contributed by atoms with Gasteiger partial charge < -0.3 is 10.6 Å². The van der Waals surface area contributed by atoms with Gasteiger partial charge in [0.05, 0.1) is 11.5 Å². The molecular weight excluding hydrogens is 248 g/mol. The van der Waals surface area contributed by atoms with Crippen LogP contribution in [0.25, 0.3) is 0 Å². The predicted octanol–water partition coefficient (Wildman–Crippen LogP) is 2.84. The van der Waals surface area contributed by atoms with E-state index in [1.54, 1.807) is 11.9 Å². The number of nitrogens with zero attached hydrogens (tertiary/aromatic N) is 1. The van der Waals surface area contributed by atoms with E-state index >= 15 is 0 Å². The third-order valence-electron chi connectivity index (χ3n) is 3.35. The molecule has 1 rings (SSSR count). The first-order valence-corrected chi connectivity index (χ1v) is 6.41. The minimum Gasteiger partial charge on any atom is -0.338 e. The Morgan fingerprint density at radius 3 is 2.50 bits per heavy atom. The normalized spacial score (nSPS) is 13.2. The van der Waals surface area contributed by atoms with Crippen LogP contribution in [-0.4, -0.2) is 24.4 Å². The standard InChI is InChI=1S/C14H21ClN2O/c1-10(11-7-5-6-8-12(11)15)17(4)13(18)14(2,3)9-16/h5-8,10H,9,16H2,1-4H3. The minimum atomic E-state index is -0.551. The fraction of sp³-hybridized carbons (Fsp3) is 0.500. The topological polar surface area (TPSA) is 46.3 Å². The van der Waals surface area contributed by atoms with Gasteiger partial charge >= 0.3 is 0 Å². The van der Waals surface area contributed by atoms with E-state index in [-0.39, 0.29) is 11.9 Å². The lowest BCUT2D eigenvalue weighted by atomic mass is 9.91. The average Bonchev–Trinajstić information content (AvgIpc) is 2.36. The SMILES string of the molecule is CC(c1ccccc1Cl)N(C)C(=O)C(C)(C)CN. The maximum Gasteiger partial charge on any atom is 0.229 e. The maximum atomic E-state index is 12.3. The summed E-state index contributed by atoms with van der Waals surface area (Å²) in [5.74, 6) is 0.0254. The van der Waals surface area contributed by atoms with Crippen molar-refractivity contribution in [2.75, 3.05) is 13.6 Å². The highest BCUT2D eigenvalue weighted by Gasteiger charge is 2.31. The molecule has 0 aliphatic heterocycles. The molecule has 0 spiro atoms. The van der Waals surface area contributed by atoms with Crippen molar-refractivity contribution in [3.63, 3.8) is 0 Å². The molecule has 1 atom stereocenters. The second kappa shape index (κ2) is 5.72. The Morgan fingerprint density at radius 2 is 2.00 bits per heavy atom. The van der Waals surface area contributed by atoms with Crippen LogP contribution in [0.5, 0.6) is 0 Å². The van der Waals surface area contributed by atoms with Crippen molar-refractivity contribution in [1.29, 1.82) is 0 Å². The van der Waals surface area contributed by atoms with Gasteiger partial charge in [-0.25, -0.2) is 0 Å². The first kappa shape index (κ1) is 15.0. The first-order chi connectivity index (χ1) is 8.31. The third kappa shape index (κ3) is 3.03. The molecule has 0 bridgehead atoms. The van der Waals surface area contributed by atoms with Crippen molar-refractivity contribution < 1.29 is 4.79 Å². The summed E-state index contributed by atoms with van der Waals surface area (Å²) in [4.78, 5) is 14.0. The number of hydrogen-bond donors (Lipinski definition) is 1. The van der Waals surface area contributed by atoms with Crippen LogP contribution in [0.15, 0.2) is 24.3 Å². The number of carbonyl (C=O) groups excluding carboxylic acids is 1. The number of carbonyl (C=O) groups is 1. The van der Waals surface area contributed by atoms with Crippen LogP contribution in [-0.2, 0) is 4.79 Å². The molecule has 0 fully saturated rings. The number of halogens is 1. The molecule has 0 saturated heterocycles.